The number of alkyl halides is 1. The summed E-state index contributed by atoms with van der Waals surface area (Å²) in [6.07, 6.45) is 5.38. The number of carbonyl (C=O) groups is 1. The van der Waals surface area contributed by atoms with Crippen LogP contribution in [0.25, 0.3) is 22.0 Å². The number of hydrogen-bond acceptors (Lipinski definition) is 5. The van der Waals surface area contributed by atoms with E-state index < -0.39 is 0 Å². The largest absolute Gasteiger partial charge is 0.334 e. The molecule has 152 valence electrons. The second kappa shape index (κ2) is 8.67. The van der Waals surface area contributed by atoms with Crippen molar-refractivity contribution in [1.29, 1.82) is 0 Å². The summed E-state index contributed by atoms with van der Waals surface area (Å²) in [5, 5.41) is 4.92. The maximum Gasteiger partial charge on any atom is 0.239 e. The van der Waals surface area contributed by atoms with Crippen molar-refractivity contribution in [3.8, 4) is 11.3 Å². The van der Waals surface area contributed by atoms with Crippen LogP contribution in [0.3, 0.4) is 0 Å². The first-order valence-corrected chi connectivity index (χ1v) is 9.79. The van der Waals surface area contributed by atoms with Crippen LogP contribution >= 0.6 is 0 Å². The molecule has 0 bridgehead atoms. The second-order valence-corrected chi connectivity index (χ2v) is 7.38. The summed E-state index contributed by atoms with van der Waals surface area (Å²) in [6.45, 7) is 3.60. The van der Waals surface area contributed by atoms with Crippen LogP contribution in [0.5, 0.6) is 0 Å². The number of nitrogens with one attached hydrogen (secondary N) is 1. The molecule has 1 saturated heterocycles. The highest BCUT2D eigenvalue weighted by atomic mass is 19.1. The van der Waals surface area contributed by atoms with E-state index in [1.807, 2.05) is 36.0 Å². The fourth-order valence-electron chi connectivity index (χ4n) is 3.68. The first kappa shape index (κ1) is 19.5. The van der Waals surface area contributed by atoms with Gasteiger partial charge in [-0.2, -0.15) is 0 Å². The average molecular weight is 396 g/mol. The van der Waals surface area contributed by atoms with E-state index in [0.29, 0.717) is 18.9 Å². The number of rotatable bonds is 6. The van der Waals surface area contributed by atoms with Crippen molar-refractivity contribution in [1.82, 2.24) is 24.3 Å². The SMILES string of the molecule is Cn1cncc1-c1ccc2cnc(NC(=O)CN3CCN(CCF)CC3)cc2c1. The molecule has 3 heterocycles. The quantitative estimate of drug-likeness (QED) is 0.692. The maximum atomic E-state index is 12.4. The molecule has 3 aromatic rings. The van der Waals surface area contributed by atoms with Gasteiger partial charge in [0.15, 0.2) is 0 Å². The van der Waals surface area contributed by atoms with E-state index in [-0.39, 0.29) is 12.6 Å². The number of fused-ring (bicyclic) bond motifs is 1. The summed E-state index contributed by atoms with van der Waals surface area (Å²) in [4.78, 5) is 25.2. The Morgan fingerprint density at radius 2 is 1.90 bits per heavy atom. The van der Waals surface area contributed by atoms with Crippen molar-refractivity contribution in [2.45, 2.75) is 0 Å². The van der Waals surface area contributed by atoms with Gasteiger partial charge >= 0.3 is 0 Å². The molecular formula is C21H25FN6O. The molecule has 0 atom stereocenters. The fourth-order valence-corrected chi connectivity index (χ4v) is 3.68. The van der Waals surface area contributed by atoms with E-state index >= 15 is 0 Å². The Hall–Kier alpha value is -2.84. The molecular weight excluding hydrogens is 371 g/mol. The Morgan fingerprint density at radius 3 is 2.62 bits per heavy atom. The van der Waals surface area contributed by atoms with Gasteiger partial charge in [0.05, 0.1) is 24.8 Å². The molecule has 0 aliphatic carbocycles. The molecule has 1 aliphatic heterocycles. The molecule has 1 aliphatic rings. The summed E-state index contributed by atoms with van der Waals surface area (Å²) in [6, 6.07) is 8.04. The predicted octanol–water partition coefficient (Wildman–Crippen LogP) is 2.16. The summed E-state index contributed by atoms with van der Waals surface area (Å²) in [7, 11) is 1.96. The molecule has 1 aromatic carbocycles. The van der Waals surface area contributed by atoms with Crippen LogP contribution in [0.1, 0.15) is 0 Å². The molecule has 1 N–H and O–H groups in total. The zero-order valence-electron chi connectivity index (χ0n) is 16.5. The number of nitrogens with zero attached hydrogens (tertiary/aromatic N) is 5. The lowest BCUT2D eigenvalue weighted by Gasteiger charge is -2.33. The molecule has 8 heteroatoms. The van der Waals surface area contributed by atoms with Crippen molar-refractivity contribution >= 4 is 22.5 Å². The van der Waals surface area contributed by atoms with Gasteiger partial charge in [-0.05, 0) is 17.5 Å². The van der Waals surface area contributed by atoms with Crippen molar-refractivity contribution < 1.29 is 9.18 Å². The zero-order valence-corrected chi connectivity index (χ0v) is 16.5. The molecule has 0 spiro atoms. The van der Waals surface area contributed by atoms with Gasteiger partial charge < -0.3 is 9.88 Å². The lowest BCUT2D eigenvalue weighted by atomic mass is 10.1. The van der Waals surface area contributed by atoms with Gasteiger partial charge in [-0.1, -0.05) is 12.1 Å². The summed E-state index contributed by atoms with van der Waals surface area (Å²) in [5.74, 6) is 0.458. The summed E-state index contributed by atoms with van der Waals surface area (Å²) >= 11 is 0. The fraction of sp³-hybridized carbons (Fsp3) is 0.381. The number of benzene rings is 1. The Bertz CT molecular complexity index is 996. The van der Waals surface area contributed by atoms with Gasteiger partial charge in [-0.15, -0.1) is 0 Å². The van der Waals surface area contributed by atoms with Gasteiger partial charge in [0.1, 0.15) is 12.5 Å². The van der Waals surface area contributed by atoms with Gasteiger partial charge in [-0.25, -0.2) is 14.4 Å². The first-order chi connectivity index (χ1) is 14.1. The van der Waals surface area contributed by atoms with Crippen LogP contribution in [-0.4, -0.2) is 76.2 Å². The number of piperazine rings is 1. The molecule has 29 heavy (non-hydrogen) atoms. The number of imidazole rings is 1. The van der Waals surface area contributed by atoms with E-state index in [0.717, 1.165) is 48.2 Å². The van der Waals surface area contributed by atoms with Crippen LogP contribution in [-0.2, 0) is 11.8 Å². The molecule has 0 unspecified atom stereocenters. The number of aromatic nitrogens is 3. The van der Waals surface area contributed by atoms with E-state index in [9.17, 15) is 9.18 Å². The lowest BCUT2D eigenvalue weighted by Crippen LogP contribution is -2.49. The zero-order chi connectivity index (χ0) is 20.2. The van der Waals surface area contributed by atoms with E-state index in [2.05, 4.69) is 31.2 Å². The Balaban J connectivity index is 1.41. The number of halogens is 1. The Labute approximate surface area is 169 Å². The molecule has 1 amide bonds. The van der Waals surface area contributed by atoms with E-state index in [1.54, 1.807) is 12.5 Å². The van der Waals surface area contributed by atoms with Crippen molar-refractivity contribution in [3.05, 3.63) is 43.0 Å². The summed E-state index contributed by atoms with van der Waals surface area (Å²) < 4.78 is 14.4. The third-order valence-electron chi connectivity index (χ3n) is 5.33. The second-order valence-electron chi connectivity index (χ2n) is 7.38. The van der Waals surface area contributed by atoms with Crippen LogP contribution in [0.15, 0.2) is 43.0 Å². The number of aryl methyl sites for hydroxylation is 1. The summed E-state index contributed by atoms with van der Waals surface area (Å²) in [5.41, 5.74) is 2.09. The smallest absolute Gasteiger partial charge is 0.239 e. The lowest BCUT2D eigenvalue weighted by molar-refractivity contribution is -0.117. The monoisotopic (exact) mass is 396 g/mol. The highest BCUT2D eigenvalue weighted by Gasteiger charge is 2.18. The van der Waals surface area contributed by atoms with Crippen molar-refractivity contribution in [3.63, 3.8) is 0 Å². The van der Waals surface area contributed by atoms with Gasteiger partial charge in [0.2, 0.25) is 5.91 Å². The van der Waals surface area contributed by atoms with Crippen molar-refractivity contribution in [2.24, 2.45) is 7.05 Å². The topological polar surface area (TPSA) is 66.3 Å². The van der Waals surface area contributed by atoms with E-state index in [4.69, 9.17) is 0 Å². The Morgan fingerprint density at radius 1 is 1.10 bits per heavy atom. The van der Waals surface area contributed by atoms with Crippen LogP contribution in [0, 0.1) is 0 Å². The molecule has 4 rings (SSSR count). The number of amides is 1. The third kappa shape index (κ3) is 4.60. The molecule has 0 radical (unpaired) electrons. The highest BCUT2D eigenvalue weighted by molar-refractivity contribution is 5.94. The number of carbonyl (C=O) groups excluding carboxylic acids is 1. The first-order valence-electron chi connectivity index (χ1n) is 9.79. The normalized spacial score (nSPS) is 15.7. The molecule has 1 fully saturated rings. The number of anilines is 1. The number of hydrogen-bond donors (Lipinski definition) is 1. The van der Waals surface area contributed by atoms with Crippen LogP contribution in [0.2, 0.25) is 0 Å². The maximum absolute atomic E-state index is 12.4. The third-order valence-corrected chi connectivity index (χ3v) is 5.33. The molecule has 0 saturated carbocycles. The molecule has 2 aromatic heterocycles. The minimum absolute atomic E-state index is 0.0846. The Kier molecular flexibility index (Phi) is 5.82. The average Bonchev–Trinajstić information content (AvgIpc) is 3.15. The standard InChI is InChI=1S/C21H25FN6O/c1-26-15-23-13-19(26)16-2-3-17-12-24-20(11-18(17)10-16)25-21(29)14-28-8-6-27(5-4-22)7-9-28/h2-3,10-13,15H,4-9,14H2,1H3,(H,24,25,29). The number of pyridine rings is 1. The minimum atomic E-state index is -0.323. The van der Waals surface area contributed by atoms with E-state index in [1.165, 1.54) is 0 Å². The molecule has 7 nitrogen and oxygen atoms in total. The van der Waals surface area contributed by atoms with Gasteiger partial charge in [0, 0.05) is 56.9 Å². The van der Waals surface area contributed by atoms with Crippen LogP contribution < -0.4 is 5.32 Å². The van der Waals surface area contributed by atoms with Gasteiger partial charge in [0.25, 0.3) is 0 Å². The van der Waals surface area contributed by atoms with Gasteiger partial charge in [-0.3, -0.25) is 14.6 Å². The predicted molar refractivity (Wildman–Crippen MR) is 111 cm³/mol. The minimum Gasteiger partial charge on any atom is -0.334 e. The highest BCUT2D eigenvalue weighted by Crippen LogP contribution is 2.25. The van der Waals surface area contributed by atoms with Crippen molar-refractivity contribution in [2.75, 3.05) is 51.3 Å². The van der Waals surface area contributed by atoms with Crippen LogP contribution in [0.4, 0.5) is 10.2 Å².